The predicted octanol–water partition coefficient (Wildman–Crippen LogP) is 0.519. The molecule has 0 bridgehead atoms. The molecule has 0 aromatic carbocycles. The van der Waals surface area contributed by atoms with Crippen molar-refractivity contribution in [3.63, 3.8) is 0 Å². The molecule has 2 fully saturated rings. The average molecular weight is 241 g/mol. The van der Waals surface area contributed by atoms with Crippen molar-refractivity contribution in [3.05, 3.63) is 0 Å². The van der Waals surface area contributed by atoms with Gasteiger partial charge in [0, 0.05) is 24.7 Å². The van der Waals surface area contributed by atoms with Crippen LogP contribution < -0.4 is 5.73 Å². The Morgan fingerprint density at radius 1 is 1.41 bits per heavy atom. The fourth-order valence-corrected chi connectivity index (χ4v) is 3.32. The monoisotopic (exact) mass is 241 g/mol. The number of piperidine rings is 1. The molecule has 100 valence electrons. The third kappa shape index (κ3) is 2.50. The number of likely N-dealkylation sites (N-methyl/N-ethyl adjacent to an activating group) is 1. The highest BCUT2D eigenvalue weighted by molar-refractivity contribution is 4.99. The van der Waals surface area contributed by atoms with Gasteiger partial charge in [-0.25, -0.2) is 0 Å². The lowest BCUT2D eigenvalue weighted by atomic mass is 9.84. The molecule has 0 aliphatic carbocycles. The number of nitrogens with two attached hydrogens (primary N) is 1. The van der Waals surface area contributed by atoms with Gasteiger partial charge in [-0.1, -0.05) is 0 Å². The maximum absolute atomic E-state index is 6.10. The van der Waals surface area contributed by atoms with E-state index in [0.29, 0.717) is 12.1 Å². The van der Waals surface area contributed by atoms with Gasteiger partial charge >= 0.3 is 0 Å². The summed E-state index contributed by atoms with van der Waals surface area (Å²) in [5.74, 6) is 0. The second kappa shape index (κ2) is 5.22. The summed E-state index contributed by atoms with van der Waals surface area (Å²) in [5, 5.41) is 0. The van der Waals surface area contributed by atoms with Gasteiger partial charge in [-0.2, -0.15) is 0 Å². The van der Waals surface area contributed by atoms with Gasteiger partial charge in [-0.3, -0.25) is 4.90 Å². The minimum Gasteiger partial charge on any atom is -0.377 e. The summed E-state index contributed by atoms with van der Waals surface area (Å²) in [7, 11) is 4.44. The Balaban J connectivity index is 2.06. The van der Waals surface area contributed by atoms with Crippen LogP contribution in [0.3, 0.4) is 0 Å². The first-order chi connectivity index (χ1) is 8.09. The summed E-state index contributed by atoms with van der Waals surface area (Å²) in [5.41, 5.74) is 6.29. The zero-order valence-corrected chi connectivity index (χ0v) is 11.5. The van der Waals surface area contributed by atoms with Crippen molar-refractivity contribution in [1.29, 1.82) is 0 Å². The van der Waals surface area contributed by atoms with E-state index in [0.717, 1.165) is 32.7 Å². The Morgan fingerprint density at radius 2 is 2.06 bits per heavy atom. The smallest absolute Gasteiger partial charge is 0.0703 e. The molecule has 2 aliphatic rings. The third-order valence-electron chi connectivity index (χ3n) is 4.88. The second-order valence-electron chi connectivity index (χ2n) is 5.77. The van der Waals surface area contributed by atoms with Crippen molar-refractivity contribution in [2.24, 2.45) is 5.73 Å². The van der Waals surface area contributed by atoms with Crippen molar-refractivity contribution in [3.8, 4) is 0 Å². The van der Waals surface area contributed by atoms with Crippen LogP contribution in [0.25, 0.3) is 0 Å². The lowest BCUT2D eigenvalue weighted by molar-refractivity contribution is -0.00332. The molecule has 0 aromatic heterocycles. The number of hydrogen-bond acceptors (Lipinski definition) is 4. The summed E-state index contributed by atoms with van der Waals surface area (Å²) in [6.07, 6.45) is 3.86. The van der Waals surface area contributed by atoms with E-state index in [1.807, 2.05) is 0 Å². The molecular formula is C13H27N3O. The first kappa shape index (κ1) is 13.3. The van der Waals surface area contributed by atoms with E-state index in [-0.39, 0.29) is 5.54 Å². The molecule has 0 aromatic rings. The summed E-state index contributed by atoms with van der Waals surface area (Å²) in [6.45, 7) is 6.16. The van der Waals surface area contributed by atoms with Crippen LogP contribution in [0.1, 0.15) is 26.2 Å². The zero-order chi connectivity index (χ0) is 12.5. The lowest BCUT2D eigenvalue weighted by Crippen LogP contribution is -2.61. The molecule has 17 heavy (non-hydrogen) atoms. The Hall–Kier alpha value is -0.160. The minimum absolute atomic E-state index is 0.194. The maximum atomic E-state index is 6.10. The Bertz CT molecular complexity index is 251. The highest BCUT2D eigenvalue weighted by Gasteiger charge is 2.42. The molecular weight excluding hydrogens is 214 g/mol. The first-order valence-electron chi connectivity index (χ1n) is 6.82. The molecule has 2 N–H and O–H groups in total. The van der Waals surface area contributed by atoms with Gasteiger partial charge in [-0.05, 0) is 53.4 Å². The van der Waals surface area contributed by atoms with Gasteiger partial charge in [0.1, 0.15) is 0 Å². The number of likely N-dealkylation sites (tertiary alicyclic amines) is 1. The summed E-state index contributed by atoms with van der Waals surface area (Å²) < 4.78 is 5.70. The Morgan fingerprint density at radius 3 is 2.53 bits per heavy atom. The number of nitrogens with zero attached hydrogens (tertiary/aromatic N) is 2. The van der Waals surface area contributed by atoms with Crippen LogP contribution in [-0.4, -0.2) is 67.8 Å². The first-order valence-corrected chi connectivity index (χ1v) is 6.82. The third-order valence-corrected chi connectivity index (χ3v) is 4.88. The Labute approximate surface area is 105 Å². The number of rotatable bonds is 3. The summed E-state index contributed by atoms with van der Waals surface area (Å²) in [6, 6.07) is 0.543. The van der Waals surface area contributed by atoms with Gasteiger partial charge in [0.05, 0.1) is 6.10 Å². The topological polar surface area (TPSA) is 41.7 Å². The van der Waals surface area contributed by atoms with Crippen LogP contribution in [0.15, 0.2) is 0 Å². The molecule has 2 saturated heterocycles. The molecule has 4 heteroatoms. The molecule has 2 unspecified atom stereocenters. The van der Waals surface area contributed by atoms with Crippen molar-refractivity contribution in [2.45, 2.75) is 43.9 Å². The zero-order valence-electron chi connectivity index (χ0n) is 11.5. The van der Waals surface area contributed by atoms with E-state index in [1.54, 1.807) is 0 Å². The molecule has 2 atom stereocenters. The SMILES string of the molecule is CC1OCCC1N(C)C1(CN)CCN(C)CC1. The molecule has 0 amide bonds. The van der Waals surface area contributed by atoms with E-state index in [9.17, 15) is 0 Å². The van der Waals surface area contributed by atoms with Crippen LogP contribution in [0, 0.1) is 0 Å². The molecule has 2 aliphatic heterocycles. The fourth-order valence-electron chi connectivity index (χ4n) is 3.32. The molecule has 0 spiro atoms. The Kier molecular flexibility index (Phi) is 4.08. The molecule has 4 nitrogen and oxygen atoms in total. The van der Waals surface area contributed by atoms with E-state index in [1.165, 1.54) is 12.8 Å². The van der Waals surface area contributed by atoms with Crippen LogP contribution in [0.2, 0.25) is 0 Å². The summed E-state index contributed by atoms with van der Waals surface area (Å²) >= 11 is 0. The van der Waals surface area contributed by atoms with Crippen molar-refractivity contribution in [1.82, 2.24) is 9.80 Å². The van der Waals surface area contributed by atoms with Gasteiger partial charge in [0.15, 0.2) is 0 Å². The van der Waals surface area contributed by atoms with Crippen LogP contribution in [0.4, 0.5) is 0 Å². The van der Waals surface area contributed by atoms with Crippen LogP contribution in [0.5, 0.6) is 0 Å². The van der Waals surface area contributed by atoms with Crippen molar-refractivity contribution >= 4 is 0 Å². The van der Waals surface area contributed by atoms with E-state index >= 15 is 0 Å². The van der Waals surface area contributed by atoms with Crippen molar-refractivity contribution in [2.75, 3.05) is 40.3 Å². The second-order valence-corrected chi connectivity index (χ2v) is 5.77. The normalized spacial score (nSPS) is 34.4. The number of ether oxygens (including phenoxy) is 1. The fraction of sp³-hybridized carbons (Fsp3) is 1.00. The van der Waals surface area contributed by atoms with Gasteiger partial charge in [0.2, 0.25) is 0 Å². The lowest BCUT2D eigenvalue weighted by Gasteiger charge is -2.49. The van der Waals surface area contributed by atoms with Gasteiger partial charge in [0.25, 0.3) is 0 Å². The standard InChI is InChI=1S/C13H27N3O/c1-11-12(4-9-17-11)16(3)13(10-14)5-7-15(2)8-6-13/h11-12H,4-10,14H2,1-3H3. The van der Waals surface area contributed by atoms with E-state index in [4.69, 9.17) is 10.5 Å². The maximum Gasteiger partial charge on any atom is 0.0703 e. The highest BCUT2D eigenvalue weighted by Crippen LogP contribution is 2.32. The highest BCUT2D eigenvalue weighted by atomic mass is 16.5. The molecule has 0 saturated carbocycles. The van der Waals surface area contributed by atoms with E-state index < -0.39 is 0 Å². The van der Waals surface area contributed by atoms with Crippen LogP contribution >= 0.6 is 0 Å². The minimum atomic E-state index is 0.194. The van der Waals surface area contributed by atoms with Gasteiger partial charge < -0.3 is 15.4 Å². The number of hydrogen-bond donors (Lipinski definition) is 1. The molecule has 2 rings (SSSR count). The van der Waals surface area contributed by atoms with E-state index in [2.05, 4.69) is 30.8 Å². The van der Waals surface area contributed by atoms with Gasteiger partial charge in [-0.15, -0.1) is 0 Å². The molecule has 0 radical (unpaired) electrons. The largest absolute Gasteiger partial charge is 0.377 e. The van der Waals surface area contributed by atoms with Crippen molar-refractivity contribution < 1.29 is 4.74 Å². The van der Waals surface area contributed by atoms with Crippen LogP contribution in [-0.2, 0) is 4.74 Å². The quantitative estimate of drug-likeness (QED) is 0.782. The summed E-state index contributed by atoms with van der Waals surface area (Å²) in [4.78, 5) is 4.92. The predicted molar refractivity (Wildman–Crippen MR) is 70.1 cm³/mol. The molecule has 2 heterocycles. The average Bonchev–Trinajstić information content (AvgIpc) is 2.76.